The van der Waals surface area contributed by atoms with Gasteiger partial charge in [0.2, 0.25) is 0 Å². The van der Waals surface area contributed by atoms with Gasteiger partial charge in [0, 0.05) is 10.4 Å². The molecule has 0 fully saturated rings. The quantitative estimate of drug-likeness (QED) is 0.641. The maximum atomic E-state index is 5.69. The lowest BCUT2D eigenvalue weighted by Crippen LogP contribution is -2.15. The SMILES string of the molecule is CC1C(Br)c2cccc3c2C1CCO3. The van der Waals surface area contributed by atoms with E-state index in [1.54, 1.807) is 0 Å². The zero-order chi connectivity index (χ0) is 9.71. The predicted molar refractivity (Wildman–Crippen MR) is 60.1 cm³/mol. The summed E-state index contributed by atoms with van der Waals surface area (Å²) in [6, 6.07) is 6.43. The molecular weight excluding hydrogens is 240 g/mol. The monoisotopic (exact) mass is 252 g/mol. The Morgan fingerprint density at radius 1 is 1.43 bits per heavy atom. The summed E-state index contributed by atoms with van der Waals surface area (Å²) in [6.45, 7) is 3.21. The molecule has 0 aromatic heterocycles. The second-order valence-electron chi connectivity index (χ2n) is 4.26. The van der Waals surface area contributed by atoms with Gasteiger partial charge in [-0.3, -0.25) is 0 Å². The molecule has 1 aliphatic heterocycles. The zero-order valence-electron chi connectivity index (χ0n) is 8.16. The third-order valence-electron chi connectivity index (χ3n) is 3.55. The van der Waals surface area contributed by atoms with Crippen LogP contribution in [0.5, 0.6) is 5.75 Å². The summed E-state index contributed by atoms with van der Waals surface area (Å²) in [7, 11) is 0. The molecule has 0 spiro atoms. The summed E-state index contributed by atoms with van der Waals surface area (Å²) in [4.78, 5) is 0.518. The van der Waals surface area contributed by atoms with Gasteiger partial charge >= 0.3 is 0 Å². The van der Waals surface area contributed by atoms with E-state index in [1.807, 2.05) is 0 Å². The average Bonchev–Trinajstić information content (AvgIpc) is 2.47. The van der Waals surface area contributed by atoms with E-state index in [4.69, 9.17) is 4.74 Å². The van der Waals surface area contributed by atoms with E-state index in [0.717, 1.165) is 12.4 Å². The van der Waals surface area contributed by atoms with Crippen LogP contribution in [0.2, 0.25) is 0 Å². The van der Waals surface area contributed by atoms with E-state index in [9.17, 15) is 0 Å². The topological polar surface area (TPSA) is 9.23 Å². The van der Waals surface area contributed by atoms with Crippen LogP contribution in [0.1, 0.15) is 35.2 Å². The number of ether oxygens (including phenoxy) is 1. The number of rotatable bonds is 0. The predicted octanol–water partition coefficient (Wildman–Crippen LogP) is 3.64. The Labute approximate surface area is 92.6 Å². The van der Waals surface area contributed by atoms with Crippen molar-refractivity contribution in [3.05, 3.63) is 29.3 Å². The van der Waals surface area contributed by atoms with Gasteiger partial charge in [-0.2, -0.15) is 0 Å². The lowest BCUT2D eigenvalue weighted by atomic mass is 9.89. The average molecular weight is 253 g/mol. The minimum Gasteiger partial charge on any atom is -0.493 e. The van der Waals surface area contributed by atoms with Crippen LogP contribution in [0.4, 0.5) is 0 Å². The molecule has 1 heterocycles. The molecule has 0 amide bonds. The van der Waals surface area contributed by atoms with Crippen molar-refractivity contribution in [2.24, 2.45) is 5.92 Å². The van der Waals surface area contributed by atoms with Crippen LogP contribution >= 0.6 is 15.9 Å². The number of benzene rings is 1. The van der Waals surface area contributed by atoms with Crippen LogP contribution < -0.4 is 4.74 Å². The van der Waals surface area contributed by atoms with Crippen LogP contribution in [0.15, 0.2) is 18.2 Å². The minimum absolute atomic E-state index is 0.518. The van der Waals surface area contributed by atoms with Crippen molar-refractivity contribution < 1.29 is 4.74 Å². The molecule has 1 aromatic rings. The maximum Gasteiger partial charge on any atom is 0.123 e. The first-order valence-electron chi connectivity index (χ1n) is 5.18. The third kappa shape index (κ3) is 1.01. The van der Waals surface area contributed by atoms with Crippen LogP contribution in [0.25, 0.3) is 0 Å². The van der Waals surface area contributed by atoms with Gasteiger partial charge in [-0.15, -0.1) is 0 Å². The summed E-state index contributed by atoms with van der Waals surface area (Å²) >= 11 is 3.79. The molecule has 2 heteroatoms. The van der Waals surface area contributed by atoms with Crippen LogP contribution in [-0.2, 0) is 0 Å². The van der Waals surface area contributed by atoms with E-state index in [0.29, 0.717) is 16.7 Å². The van der Waals surface area contributed by atoms with E-state index >= 15 is 0 Å². The largest absolute Gasteiger partial charge is 0.493 e. The molecule has 1 nitrogen and oxygen atoms in total. The van der Waals surface area contributed by atoms with Crippen molar-refractivity contribution in [1.82, 2.24) is 0 Å². The highest BCUT2D eigenvalue weighted by molar-refractivity contribution is 9.09. The fourth-order valence-corrected chi connectivity index (χ4v) is 3.54. The molecule has 0 bridgehead atoms. The molecule has 2 aliphatic rings. The smallest absolute Gasteiger partial charge is 0.123 e. The van der Waals surface area contributed by atoms with Crippen molar-refractivity contribution in [3.8, 4) is 5.75 Å². The highest BCUT2D eigenvalue weighted by atomic mass is 79.9. The summed E-state index contributed by atoms with van der Waals surface area (Å²) < 4.78 is 5.69. The lowest BCUT2D eigenvalue weighted by molar-refractivity contribution is 0.253. The molecule has 0 N–H and O–H groups in total. The Bertz CT molecular complexity index is 375. The van der Waals surface area contributed by atoms with Gasteiger partial charge in [-0.25, -0.2) is 0 Å². The first kappa shape index (κ1) is 8.78. The van der Waals surface area contributed by atoms with Crippen molar-refractivity contribution in [3.63, 3.8) is 0 Å². The minimum atomic E-state index is 0.518. The Hall–Kier alpha value is -0.500. The number of halogens is 1. The molecule has 0 radical (unpaired) electrons. The second kappa shape index (κ2) is 2.99. The molecule has 0 saturated heterocycles. The fraction of sp³-hybridized carbons (Fsp3) is 0.500. The van der Waals surface area contributed by atoms with E-state index < -0.39 is 0 Å². The molecule has 14 heavy (non-hydrogen) atoms. The molecular formula is C12H13BrO. The van der Waals surface area contributed by atoms with Gasteiger partial charge in [0.1, 0.15) is 5.75 Å². The second-order valence-corrected chi connectivity index (χ2v) is 5.25. The number of hydrogen-bond donors (Lipinski definition) is 0. The van der Waals surface area contributed by atoms with Crippen molar-refractivity contribution in [2.75, 3.05) is 6.61 Å². The van der Waals surface area contributed by atoms with Crippen LogP contribution in [0, 0.1) is 5.92 Å². The molecule has 3 atom stereocenters. The van der Waals surface area contributed by atoms with Crippen molar-refractivity contribution in [1.29, 1.82) is 0 Å². The fourth-order valence-electron chi connectivity index (χ4n) is 2.78. The Morgan fingerprint density at radius 2 is 2.29 bits per heavy atom. The van der Waals surface area contributed by atoms with E-state index in [-0.39, 0.29) is 0 Å². The molecule has 74 valence electrons. The van der Waals surface area contributed by atoms with Crippen molar-refractivity contribution in [2.45, 2.75) is 24.1 Å². The highest BCUT2D eigenvalue weighted by Gasteiger charge is 2.40. The Balaban J connectivity index is 2.22. The van der Waals surface area contributed by atoms with Gasteiger partial charge in [-0.1, -0.05) is 35.0 Å². The summed E-state index contributed by atoms with van der Waals surface area (Å²) in [6.07, 6.45) is 1.17. The van der Waals surface area contributed by atoms with Gasteiger partial charge in [0.15, 0.2) is 0 Å². The van der Waals surface area contributed by atoms with Gasteiger partial charge in [0.25, 0.3) is 0 Å². The van der Waals surface area contributed by atoms with Gasteiger partial charge < -0.3 is 4.74 Å². The standard InChI is InChI=1S/C12H13BrO/c1-7-8-5-6-14-10-4-2-3-9(11(8)10)12(7)13/h2-4,7-8,12H,5-6H2,1H3. The maximum absolute atomic E-state index is 5.69. The van der Waals surface area contributed by atoms with E-state index in [2.05, 4.69) is 41.1 Å². The zero-order valence-corrected chi connectivity index (χ0v) is 9.75. The molecule has 3 rings (SSSR count). The van der Waals surface area contributed by atoms with Crippen molar-refractivity contribution >= 4 is 15.9 Å². The Kier molecular flexibility index (Phi) is 1.88. The van der Waals surface area contributed by atoms with Crippen LogP contribution in [-0.4, -0.2) is 6.61 Å². The molecule has 3 unspecified atom stereocenters. The van der Waals surface area contributed by atoms with Gasteiger partial charge in [-0.05, 0) is 29.9 Å². The first-order valence-corrected chi connectivity index (χ1v) is 6.10. The molecule has 1 aliphatic carbocycles. The number of alkyl halides is 1. The lowest BCUT2D eigenvalue weighted by Gasteiger charge is -2.24. The molecule has 1 aromatic carbocycles. The van der Waals surface area contributed by atoms with E-state index in [1.165, 1.54) is 17.5 Å². The summed E-state index contributed by atoms with van der Waals surface area (Å²) in [5, 5.41) is 0. The highest BCUT2D eigenvalue weighted by Crippen LogP contribution is 2.55. The number of hydrogen-bond acceptors (Lipinski definition) is 1. The normalized spacial score (nSPS) is 33.7. The van der Waals surface area contributed by atoms with Crippen LogP contribution in [0.3, 0.4) is 0 Å². The van der Waals surface area contributed by atoms with Gasteiger partial charge in [0.05, 0.1) is 6.61 Å². The summed E-state index contributed by atoms with van der Waals surface area (Å²) in [5.41, 5.74) is 2.91. The Morgan fingerprint density at radius 3 is 3.14 bits per heavy atom. The third-order valence-corrected chi connectivity index (χ3v) is 4.88. The molecule has 0 saturated carbocycles. The summed E-state index contributed by atoms with van der Waals surface area (Å²) in [5.74, 6) is 2.53. The first-order chi connectivity index (χ1) is 6.79.